The first kappa shape index (κ1) is 13.6. The second-order valence-corrected chi connectivity index (χ2v) is 5.23. The zero-order chi connectivity index (χ0) is 13.8. The third-order valence-electron chi connectivity index (χ3n) is 3.92. The lowest BCUT2D eigenvalue weighted by molar-refractivity contribution is -0.0522. The number of fused-ring (bicyclic) bond motifs is 1. The fraction of sp³-hybridized carbons (Fsp3) is 0.412. The lowest BCUT2D eigenvalue weighted by atomic mass is 9.97. The topological polar surface area (TPSA) is 30.5 Å². The molecule has 106 valence electrons. The largest absolute Gasteiger partial charge is 0.350 e. The molecule has 1 saturated heterocycles. The maximum absolute atomic E-state index is 5.55. The van der Waals surface area contributed by atoms with Gasteiger partial charge in [0, 0.05) is 12.5 Å². The van der Waals surface area contributed by atoms with Gasteiger partial charge in [-0.1, -0.05) is 42.5 Å². The monoisotopic (exact) mass is 271 g/mol. The third-order valence-corrected chi connectivity index (χ3v) is 3.92. The van der Waals surface area contributed by atoms with E-state index in [-0.39, 0.29) is 6.29 Å². The Balaban J connectivity index is 1.76. The summed E-state index contributed by atoms with van der Waals surface area (Å²) >= 11 is 0. The van der Waals surface area contributed by atoms with Crippen molar-refractivity contribution in [2.45, 2.75) is 25.2 Å². The number of hydrogen-bond donors (Lipinski definition) is 1. The van der Waals surface area contributed by atoms with Crippen molar-refractivity contribution in [1.29, 1.82) is 0 Å². The molecule has 3 heteroatoms. The van der Waals surface area contributed by atoms with E-state index in [4.69, 9.17) is 9.47 Å². The van der Waals surface area contributed by atoms with Crippen LogP contribution in [0, 0.1) is 0 Å². The molecule has 1 N–H and O–H groups in total. The van der Waals surface area contributed by atoms with Crippen molar-refractivity contribution >= 4 is 10.8 Å². The molecule has 3 nitrogen and oxygen atoms in total. The number of likely N-dealkylation sites (N-methyl/N-ethyl adjacent to an activating group) is 1. The van der Waals surface area contributed by atoms with Crippen molar-refractivity contribution in [3.8, 4) is 0 Å². The van der Waals surface area contributed by atoms with Crippen LogP contribution in [0.2, 0.25) is 0 Å². The Morgan fingerprint density at radius 3 is 2.65 bits per heavy atom. The zero-order valence-corrected chi connectivity index (χ0v) is 11.8. The van der Waals surface area contributed by atoms with Gasteiger partial charge in [0.15, 0.2) is 6.29 Å². The van der Waals surface area contributed by atoms with Crippen molar-refractivity contribution in [2.75, 3.05) is 20.3 Å². The lowest BCUT2D eigenvalue weighted by Gasteiger charge is -2.20. The van der Waals surface area contributed by atoms with Crippen LogP contribution in [-0.2, 0) is 15.9 Å². The molecule has 1 atom stereocenters. The van der Waals surface area contributed by atoms with Crippen LogP contribution >= 0.6 is 0 Å². The van der Waals surface area contributed by atoms with Gasteiger partial charge < -0.3 is 14.8 Å². The SMILES string of the molecule is CNC(Cc1cccc2ccccc12)CC1OCCO1. The number of rotatable bonds is 5. The molecular weight excluding hydrogens is 250 g/mol. The highest BCUT2D eigenvalue weighted by molar-refractivity contribution is 5.85. The first-order valence-electron chi connectivity index (χ1n) is 7.24. The summed E-state index contributed by atoms with van der Waals surface area (Å²) in [5, 5.41) is 6.02. The Hall–Kier alpha value is -1.42. The Labute approximate surface area is 119 Å². The highest BCUT2D eigenvalue weighted by Gasteiger charge is 2.21. The normalized spacial score (nSPS) is 17.6. The molecule has 0 spiro atoms. The van der Waals surface area contributed by atoms with E-state index < -0.39 is 0 Å². The smallest absolute Gasteiger partial charge is 0.159 e. The predicted octanol–water partition coefficient (Wildman–Crippen LogP) is 2.73. The minimum absolute atomic E-state index is 0.0533. The molecule has 2 aromatic rings. The second kappa shape index (κ2) is 6.35. The summed E-state index contributed by atoms with van der Waals surface area (Å²) in [6.07, 6.45) is 1.82. The summed E-state index contributed by atoms with van der Waals surface area (Å²) < 4.78 is 11.1. The summed E-state index contributed by atoms with van der Waals surface area (Å²) in [6.45, 7) is 1.44. The quantitative estimate of drug-likeness (QED) is 0.907. The highest BCUT2D eigenvalue weighted by Crippen LogP contribution is 2.21. The summed E-state index contributed by atoms with van der Waals surface area (Å²) in [5.74, 6) is 0. The molecule has 0 aromatic heterocycles. The molecule has 0 aliphatic carbocycles. The van der Waals surface area contributed by atoms with Crippen LogP contribution in [0.1, 0.15) is 12.0 Å². The van der Waals surface area contributed by atoms with E-state index in [9.17, 15) is 0 Å². The maximum atomic E-state index is 5.55. The van der Waals surface area contributed by atoms with Crippen molar-refractivity contribution in [3.05, 3.63) is 48.0 Å². The molecule has 1 unspecified atom stereocenters. The van der Waals surface area contributed by atoms with Gasteiger partial charge in [-0.2, -0.15) is 0 Å². The summed E-state index contributed by atoms with van der Waals surface area (Å²) in [7, 11) is 2.00. The van der Waals surface area contributed by atoms with Crippen LogP contribution in [-0.4, -0.2) is 32.6 Å². The molecule has 0 bridgehead atoms. The van der Waals surface area contributed by atoms with Crippen molar-refractivity contribution in [3.63, 3.8) is 0 Å². The molecule has 1 heterocycles. The van der Waals surface area contributed by atoms with E-state index in [0.29, 0.717) is 6.04 Å². The third kappa shape index (κ3) is 3.01. The first-order chi connectivity index (χ1) is 9.86. The van der Waals surface area contributed by atoms with Crippen molar-refractivity contribution in [1.82, 2.24) is 5.32 Å². The van der Waals surface area contributed by atoms with Gasteiger partial charge in [0.25, 0.3) is 0 Å². The number of hydrogen-bond acceptors (Lipinski definition) is 3. The standard InChI is InChI=1S/C17H21NO2/c1-18-15(12-17-19-9-10-20-17)11-14-7-4-6-13-5-2-3-8-16(13)14/h2-8,15,17-18H,9-12H2,1H3. The first-order valence-corrected chi connectivity index (χ1v) is 7.24. The summed E-state index contributed by atoms with van der Waals surface area (Å²) in [6, 6.07) is 15.4. The van der Waals surface area contributed by atoms with Gasteiger partial charge in [0.1, 0.15) is 0 Å². The Kier molecular flexibility index (Phi) is 4.31. The van der Waals surface area contributed by atoms with E-state index >= 15 is 0 Å². The Morgan fingerprint density at radius 2 is 1.85 bits per heavy atom. The lowest BCUT2D eigenvalue weighted by Crippen LogP contribution is -2.32. The highest BCUT2D eigenvalue weighted by atomic mass is 16.7. The van der Waals surface area contributed by atoms with E-state index in [2.05, 4.69) is 47.8 Å². The number of benzene rings is 2. The van der Waals surface area contributed by atoms with E-state index in [1.165, 1.54) is 16.3 Å². The summed E-state index contributed by atoms with van der Waals surface area (Å²) in [5.41, 5.74) is 1.38. The maximum Gasteiger partial charge on any atom is 0.159 e. The summed E-state index contributed by atoms with van der Waals surface area (Å²) in [4.78, 5) is 0. The minimum Gasteiger partial charge on any atom is -0.350 e. The molecular formula is C17H21NO2. The van der Waals surface area contributed by atoms with Gasteiger partial charge in [-0.25, -0.2) is 0 Å². The second-order valence-electron chi connectivity index (χ2n) is 5.23. The fourth-order valence-electron chi connectivity index (χ4n) is 2.81. The zero-order valence-electron chi connectivity index (χ0n) is 11.8. The molecule has 2 aromatic carbocycles. The minimum atomic E-state index is -0.0533. The molecule has 0 amide bonds. The molecule has 1 aliphatic heterocycles. The molecule has 1 fully saturated rings. The average Bonchev–Trinajstić information content (AvgIpc) is 3.00. The van der Waals surface area contributed by atoms with Gasteiger partial charge >= 0.3 is 0 Å². The Morgan fingerprint density at radius 1 is 1.10 bits per heavy atom. The van der Waals surface area contributed by atoms with Gasteiger partial charge in [0.2, 0.25) is 0 Å². The van der Waals surface area contributed by atoms with Crippen LogP contribution < -0.4 is 5.32 Å². The van der Waals surface area contributed by atoms with Crippen LogP contribution in [0.4, 0.5) is 0 Å². The fourth-order valence-corrected chi connectivity index (χ4v) is 2.81. The van der Waals surface area contributed by atoms with Gasteiger partial charge in [-0.3, -0.25) is 0 Å². The van der Waals surface area contributed by atoms with Gasteiger partial charge in [0.05, 0.1) is 13.2 Å². The Bertz CT molecular complexity index is 558. The van der Waals surface area contributed by atoms with Gasteiger partial charge in [-0.15, -0.1) is 0 Å². The molecule has 0 saturated carbocycles. The van der Waals surface area contributed by atoms with Crippen molar-refractivity contribution in [2.24, 2.45) is 0 Å². The molecule has 3 rings (SSSR count). The van der Waals surface area contributed by atoms with Crippen LogP contribution in [0.25, 0.3) is 10.8 Å². The average molecular weight is 271 g/mol. The number of nitrogens with one attached hydrogen (secondary N) is 1. The van der Waals surface area contributed by atoms with Crippen LogP contribution in [0.15, 0.2) is 42.5 Å². The van der Waals surface area contributed by atoms with E-state index in [0.717, 1.165) is 26.1 Å². The van der Waals surface area contributed by atoms with Gasteiger partial charge in [-0.05, 0) is 29.8 Å². The van der Waals surface area contributed by atoms with Crippen LogP contribution in [0.3, 0.4) is 0 Å². The van der Waals surface area contributed by atoms with Crippen molar-refractivity contribution < 1.29 is 9.47 Å². The predicted molar refractivity (Wildman–Crippen MR) is 80.8 cm³/mol. The molecule has 0 radical (unpaired) electrons. The van der Waals surface area contributed by atoms with E-state index in [1.54, 1.807) is 0 Å². The molecule has 20 heavy (non-hydrogen) atoms. The van der Waals surface area contributed by atoms with E-state index in [1.807, 2.05) is 7.05 Å². The van der Waals surface area contributed by atoms with Crippen LogP contribution in [0.5, 0.6) is 0 Å². The molecule has 1 aliphatic rings. The number of ether oxygens (including phenoxy) is 2.